The molecule has 0 unspecified atom stereocenters. The van der Waals surface area contributed by atoms with Crippen molar-refractivity contribution in [3.63, 3.8) is 0 Å². The Morgan fingerprint density at radius 2 is 2.27 bits per heavy atom. The van der Waals surface area contributed by atoms with E-state index < -0.39 is 0 Å². The van der Waals surface area contributed by atoms with Crippen LogP contribution in [-0.4, -0.2) is 15.3 Å². The molecule has 0 saturated heterocycles. The lowest BCUT2D eigenvalue weighted by Gasteiger charge is -1.96. The van der Waals surface area contributed by atoms with Crippen LogP contribution in [-0.2, 0) is 6.42 Å². The standard InChI is InChI=1S/C7H8BrClN2/c8-3-1-2-6-4-10-5-7(9)11-6/h4-5H,1-3H2. The maximum absolute atomic E-state index is 5.64. The zero-order valence-electron chi connectivity index (χ0n) is 5.93. The molecule has 0 aliphatic carbocycles. The average Bonchev–Trinajstić information content (AvgIpc) is 2.01. The van der Waals surface area contributed by atoms with Gasteiger partial charge in [-0.05, 0) is 12.8 Å². The van der Waals surface area contributed by atoms with Crippen LogP contribution in [0.15, 0.2) is 12.4 Å². The van der Waals surface area contributed by atoms with Crippen molar-refractivity contribution in [2.24, 2.45) is 0 Å². The smallest absolute Gasteiger partial charge is 0.147 e. The summed E-state index contributed by atoms with van der Waals surface area (Å²) in [5.74, 6) is 0. The summed E-state index contributed by atoms with van der Waals surface area (Å²) in [5, 5.41) is 1.46. The van der Waals surface area contributed by atoms with Gasteiger partial charge in [0.25, 0.3) is 0 Å². The van der Waals surface area contributed by atoms with Gasteiger partial charge in [-0.2, -0.15) is 0 Å². The van der Waals surface area contributed by atoms with E-state index in [-0.39, 0.29) is 0 Å². The Kier molecular flexibility index (Phi) is 3.80. The Balaban J connectivity index is 2.56. The summed E-state index contributed by atoms with van der Waals surface area (Å²) in [7, 11) is 0. The number of alkyl halides is 1. The van der Waals surface area contributed by atoms with Gasteiger partial charge >= 0.3 is 0 Å². The van der Waals surface area contributed by atoms with Crippen LogP contribution in [0.25, 0.3) is 0 Å². The molecular formula is C7H8BrClN2. The first kappa shape index (κ1) is 8.94. The van der Waals surface area contributed by atoms with E-state index in [1.54, 1.807) is 12.4 Å². The molecule has 0 amide bonds. The number of halogens is 2. The van der Waals surface area contributed by atoms with Crippen LogP contribution in [0, 0.1) is 0 Å². The molecule has 0 aliphatic rings. The second-order valence-electron chi connectivity index (χ2n) is 2.13. The number of nitrogens with zero attached hydrogens (tertiary/aromatic N) is 2. The monoisotopic (exact) mass is 234 g/mol. The molecule has 0 N–H and O–H groups in total. The molecule has 0 saturated carbocycles. The normalized spacial score (nSPS) is 10.0. The molecule has 0 atom stereocenters. The Morgan fingerprint density at radius 3 is 2.91 bits per heavy atom. The Labute approximate surface area is 79.1 Å². The van der Waals surface area contributed by atoms with Gasteiger partial charge in [0.05, 0.1) is 11.9 Å². The number of hydrogen-bond acceptors (Lipinski definition) is 2. The number of aromatic nitrogens is 2. The summed E-state index contributed by atoms with van der Waals surface area (Å²) < 4.78 is 0. The SMILES string of the molecule is Clc1cncc(CCCBr)n1. The van der Waals surface area contributed by atoms with Gasteiger partial charge in [0.2, 0.25) is 0 Å². The predicted octanol–water partition coefficient (Wildman–Crippen LogP) is 2.46. The van der Waals surface area contributed by atoms with Crippen molar-refractivity contribution in [2.45, 2.75) is 12.8 Å². The predicted molar refractivity (Wildman–Crippen MR) is 49.2 cm³/mol. The van der Waals surface area contributed by atoms with Crippen LogP contribution >= 0.6 is 27.5 Å². The topological polar surface area (TPSA) is 25.8 Å². The Hall–Kier alpha value is -0.150. The summed E-state index contributed by atoms with van der Waals surface area (Å²) in [6, 6.07) is 0. The van der Waals surface area contributed by atoms with E-state index in [1.807, 2.05) is 0 Å². The zero-order chi connectivity index (χ0) is 8.10. The van der Waals surface area contributed by atoms with E-state index in [1.165, 1.54) is 0 Å². The minimum atomic E-state index is 0.470. The van der Waals surface area contributed by atoms with Crippen LogP contribution in [0.4, 0.5) is 0 Å². The molecule has 1 rings (SSSR count). The molecule has 4 heteroatoms. The Morgan fingerprint density at radius 1 is 1.45 bits per heavy atom. The van der Waals surface area contributed by atoms with Gasteiger partial charge in [-0.15, -0.1) is 0 Å². The summed E-state index contributed by atoms with van der Waals surface area (Å²) in [4.78, 5) is 8.02. The van der Waals surface area contributed by atoms with E-state index in [2.05, 4.69) is 25.9 Å². The molecule has 1 heterocycles. The molecule has 11 heavy (non-hydrogen) atoms. The fourth-order valence-electron chi connectivity index (χ4n) is 0.748. The maximum Gasteiger partial charge on any atom is 0.147 e. The third-order valence-corrected chi connectivity index (χ3v) is 1.96. The highest BCUT2D eigenvalue weighted by Gasteiger charge is 1.95. The molecule has 0 fully saturated rings. The van der Waals surface area contributed by atoms with Crippen molar-refractivity contribution < 1.29 is 0 Å². The van der Waals surface area contributed by atoms with Crippen molar-refractivity contribution >= 4 is 27.5 Å². The number of aryl methyl sites for hydroxylation is 1. The third-order valence-electron chi connectivity index (χ3n) is 1.22. The van der Waals surface area contributed by atoms with Gasteiger partial charge in [-0.3, -0.25) is 4.98 Å². The lowest BCUT2D eigenvalue weighted by atomic mass is 10.3. The maximum atomic E-state index is 5.64. The van der Waals surface area contributed by atoms with E-state index in [9.17, 15) is 0 Å². The molecule has 1 aromatic heterocycles. The molecule has 0 bridgehead atoms. The lowest BCUT2D eigenvalue weighted by Crippen LogP contribution is -1.91. The first-order chi connectivity index (χ1) is 5.33. The van der Waals surface area contributed by atoms with Gasteiger partial charge in [-0.25, -0.2) is 4.98 Å². The molecule has 0 aromatic carbocycles. The second-order valence-corrected chi connectivity index (χ2v) is 3.31. The highest BCUT2D eigenvalue weighted by Crippen LogP contribution is 2.04. The molecule has 60 valence electrons. The van der Waals surface area contributed by atoms with Gasteiger partial charge in [0, 0.05) is 11.5 Å². The van der Waals surface area contributed by atoms with Crippen molar-refractivity contribution in [3.8, 4) is 0 Å². The first-order valence-corrected chi connectivity index (χ1v) is 4.85. The summed E-state index contributed by atoms with van der Waals surface area (Å²) in [5.41, 5.74) is 0.956. The van der Waals surface area contributed by atoms with Gasteiger partial charge < -0.3 is 0 Å². The van der Waals surface area contributed by atoms with Gasteiger partial charge in [-0.1, -0.05) is 27.5 Å². The van der Waals surface area contributed by atoms with Crippen LogP contribution in [0.3, 0.4) is 0 Å². The molecular weight excluding hydrogens is 227 g/mol. The highest BCUT2D eigenvalue weighted by atomic mass is 79.9. The second kappa shape index (κ2) is 4.67. The minimum absolute atomic E-state index is 0.470. The van der Waals surface area contributed by atoms with Crippen LogP contribution < -0.4 is 0 Å². The largest absolute Gasteiger partial charge is 0.260 e. The van der Waals surface area contributed by atoms with Crippen molar-refractivity contribution in [1.82, 2.24) is 9.97 Å². The van der Waals surface area contributed by atoms with E-state index in [4.69, 9.17) is 11.6 Å². The Bertz CT molecular complexity index is 229. The summed E-state index contributed by atoms with van der Waals surface area (Å²) in [6.07, 6.45) is 5.28. The van der Waals surface area contributed by atoms with E-state index in [0.717, 1.165) is 23.9 Å². The van der Waals surface area contributed by atoms with E-state index >= 15 is 0 Å². The minimum Gasteiger partial charge on any atom is -0.260 e. The van der Waals surface area contributed by atoms with Crippen molar-refractivity contribution in [2.75, 3.05) is 5.33 Å². The van der Waals surface area contributed by atoms with Crippen LogP contribution in [0.5, 0.6) is 0 Å². The fourth-order valence-corrected chi connectivity index (χ4v) is 1.19. The third kappa shape index (κ3) is 3.16. The van der Waals surface area contributed by atoms with Crippen molar-refractivity contribution in [3.05, 3.63) is 23.2 Å². The number of hydrogen-bond donors (Lipinski definition) is 0. The molecule has 1 aromatic rings. The first-order valence-electron chi connectivity index (χ1n) is 3.35. The highest BCUT2D eigenvalue weighted by molar-refractivity contribution is 9.09. The molecule has 0 radical (unpaired) electrons. The zero-order valence-corrected chi connectivity index (χ0v) is 8.27. The average molecular weight is 236 g/mol. The van der Waals surface area contributed by atoms with Crippen LogP contribution in [0.2, 0.25) is 5.15 Å². The fraction of sp³-hybridized carbons (Fsp3) is 0.429. The van der Waals surface area contributed by atoms with Gasteiger partial charge in [0.1, 0.15) is 5.15 Å². The lowest BCUT2D eigenvalue weighted by molar-refractivity contribution is 0.883. The van der Waals surface area contributed by atoms with Crippen molar-refractivity contribution in [1.29, 1.82) is 0 Å². The molecule has 2 nitrogen and oxygen atoms in total. The summed E-state index contributed by atoms with van der Waals surface area (Å²) >= 11 is 8.98. The quantitative estimate of drug-likeness (QED) is 0.752. The number of rotatable bonds is 3. The molecule has 0 spiro atoms. The van der Waals surface area contributed by atoms with Gasteiger partial charge in [0.15, 0.2) is 0 Å². The van der Waals surface area contributed by atoms with Crippen LogP contribution in [0.1, 0.15) is 12.1 Å². The summed E-state index contributed by atoms with van der Waals surface area (Å²) in [6.45, 7) is 0. The molecule has 0 aliphatic heterocycles. The van der Waals surface area contributed by atoms with E-state index in [0.29, 0.717) is 5.15 Å².